The second-order valence-electron chi connectivity index (χ2n) is 7.94. The molecule has 3 rings (SSSR count). The van der Waals surface area contributed by atoms with Crippen molar-refractivity contribution in [3.8, 4) is 0 Å². The zero-order chi connectivity index (χ0) is 12.8. The molecule has 4 atom stereocenters. The summed E-state index contributed by atoms with van der Waals surface area (Å²) in [6.45, 7) is 8.28. The third-order valence-electron chi connectivity index (χ3n) is 5.46. The Bertz CT molecular complexity index is 314. The van der Waals surface area contributed by atoms with Crippen LogP contribution in [0.25, 0.3) is 0 Å². The fraction of sp³-hybridized carbons (Fsp3) is 1.00. The Hall–Kier alpha value is -0.0800. The van der Waals surface area contributed by atoms with E-state index < -0.39 is 0 Å². The molecule has 3 fully saturated rings. The summed E-state index contributed by atoms with van der Waals surface area (Å²) < 4.78 is 6.62. The van der Waals surface area contributed by atoms with Crippen LogP contribution >= 0.6 is 0 Å². The van der Waals surface area contributed by atoms with Crippen molar-refractivity contribution in [3.05, 3.63) is 0 Å². The van der Waals surface area contributed by atoms with Gasteiger partial charge in [-0.05, 0) is 43.4 Å². The minimum atomic E-state index is 0.181. The number of fused-ring (bicyclic) bond motifs is 1. The number of nitrogens with one attached hydrogen (secondary N) is 1. The molecule has 2 saturated carbocycles. The first-order valence-electron chi connectivity index (χ1n) is 7.89. The monoisotopic (exact) mass is 251 g/mol. The molecular formula is C16H29NO. The molecule has 1 heterocycles. The number of hydrogen-bond acceptors (Lipinski definition) is 2. The van der Waals surface area contributed by atoms with Crippen molar-refractivity contribution in [1.29, 1.82) is 0 Å². The maximum absolute atomic E-state index is 6.62. The van der Waals surface area contributed by atoms with Crippen LogP contribution in [0, 0.1) is 11.3 Å². The smallest absolute Gasteiger partial charge is 0.0813 e. The summed E-state index contributed by atoms with van der Waals surface area (Å²) in [5, 5.41) is 3.83. The molecule has 104 valence electrons. The van der Waals surface area contributed by atoms with E-state index in [1.165, 1.54) is 44.9 Å². The van der Waals surface area contributed by atoms with Gasteiger partial charge in [0.2, 0.25) is 0 Å². The lowest BCUT2D eigenvalue weighted by molar-refractivity contribution is -0.174. The van der Waals surface area contributed by atoms with Gasteiger partial charge in [0.15, 0.2) is 0 Å². The second kappa shape index (κ2) is 4.49. The van der Waals surface area contributed by atoms with Gasteiger partial charge in [0, 0.05) is 12.6 Å². The Kier molecular flexibility index (Phi) is 3.22. The Labute approximate surface area is 112 Å². The van der Waals surface area contributed by atoms with Crippen LogP contribution in [0.15, 0.2) is 0 Å². The van der Waals surface area contributed by atoms with E-state index in [4.69, 9.17) is 4.74 Å². The van der Waals surface area contributed by atoms with E-state index >= 15 is 0 Å². The van der Waals surface area contributed by atoms with Gasteiger partial charge in [-0.2, -0.15) is 0 Å². The molecular weight excluding hydrogens is 222 g/mol. The van der Waals surface area contributed by atoms with E-state index in [2.05, 4.69) is 26.1 Å². The topological polar surface area (TPSA) is 21.3 Å². The third-order valence-corrected chi connectivity index (χ3v) is 5.46. The zero-order valence-corrected chi connectivity index (χ0v) is 12.3. The molecule has 3 aliphatic rings. The van der Waals surface area contributed by atoms with Crippen LogP contribution in [0.5, 0.6) is 0 Å². The van der Waals surface area contributed by atoms with Gasteiger partial charge in [-0.1, -0.05) is 33.6 Å². The Balaban J connectivity index is 1.67. The number of ether oxygens (including phenoxy) is 1. The Morgan fingerprint density at radius 1 is 1.11 bits per heavy atom. The van der Waals surface area contributed by atoms with Crippen molar-refractivity contribution in [3.63, 3.8) is 0 Å². The average molecular weight is 251 g/mol. The Morgan fingerprint density at radius 2 is 1.94 bits per heavy atom. The fourth-order valence-corrected chi connectivity index (χ4v) is 4.47. The predicted molar refractivity (Wildman–Crippen MR) is 74.7 cm³/mol. The summed E-state index contributed by atoms with van der Waals surface area (Å²) in [7, 11) is 0. The lowest BCUT2D eigenvalue weighted by atomic mass is 9.71. The highest BCUT2D eigenvalue weighted by Gasteiger charge is 2.46. The van der Waals surface area contributed by atoms with Gasteiger partial charge in [0.05, 0.1) is 11.7 Å². The maximum atomic E-state index is 6.62. The highest BCUT2D eigenvalue weighted by atomic mass is 16.5. The minimum absolute atomic E-state index is 0.181. The zero-order valence-electron chi connectivity index (χ0n) is 12.3. The third kappa shape index (κ3) is 2.46. The van der Waals surface area contributed by atoms with E-state index in [0.29, 0.717) is 17.6 Å². The van der Waals surface area contributed by atoms with Gasteiger partial charge in [-0.15, -0.1) is 0 Å². The quantitative estimate of drug-likeness (QED) is 0.711. The van der Waals surface area contributed by atoms with E-state index in [-0.39, 0.29) is 5.60 Å². The summed E-state index contributed by atoms with van der Waals surface area (Å²) in [4.78, 5) is 0. The van der Waals surface area contributed by atoms with Crippen LogP contribution in [0.1, 0.15) is 65.7 Å². The molecule has 1 N–H and O–H groups in total. The molecule has 1 saturated heterocycles. The standard InChI is InChI=1S/C16H29NO/c1-12-5-4-7-16(9-12)11-17-13-10-15(2,3)8-6-14(13)18-16/h12-14,17H,4-11H2,1-3H3. The van der Waals surface area contributed by atoms with E-state index in [9.17, 15) is 0 Å². The lowest BCUT2D eigenvalue weighted by Crippen LogP contribution is -2.62. The van der Waals surface area contributed by atoms with Crippen LogP contribution in [-0.2, 0) is 4.74 Å². The molecule has 2 aliphatic carbocycles. The molecule has 2 nitrogen and oxygen atoms in total. The Morgan fingerprint density at radius 3 is 2.72 bits per heavy atom. The van der Waals surface area contributed by atoms with Crippen LogP contribution in [0.4, 0.5) is 0 Å². The van der Waals surface area contributed by atoms with Crippen molar-refractivity contribution < 1.29 is 4.74 Å². The van der Waals surface area contributed by atoms with E-state index in [0.717, 1.165) is 12.5 Å². The summed E-state index contributed by atoms with van der Waals surface area (Å²) in [6.07, 6.45) is 9.63. The molecule has 4 unspecified atom stereocenters. The average Bonchev–Trinajstić information content (AvgIpc) is 2.29. The second-order valence-corrected chi connectivity index (χ2v) is 7.94. The lowest BCUT2D eigenvalue weighted by Gasteiger charge is -2.52. The van der Waals surface area contributed by atoms with Crippen LogP contribution < -0.4 is 5.32 Å². The van der Waals surface area contributed by atoms with Gasteiger partial charge >= 0.3 is 0 Å². The highest BCUT2D eigenvalue weighted by Crippen LogP contribution is 2.43. The molecule has 1 spiro atoms. The van der Waals surface area contributed by atoms with E-state index in [1.807, 2.05) is 0 Å². The normalized spacial score (nSPS) is 47.8. The molecule has 2 heteroatoms. The summed E-state index contributed by atoms with van der Waals surface area (Å²) in [5.41, 5.74) is 0.683. The van der Waals surface area contributed by atoms with Crippen molar-refractivity contribution in [2.45, 2.75) is 83.5 Å². The van der Waals surface area contributed by atoms with Gasteiger partial charge < -0.3 is 10.1 Å². The molecule has 0 aromatic heterocycles. The van der Waals surface area contributed by atoms with Crippen molar-refractivity contribution >= 4 is 0 Å². The largest absolute Gasteiger partial charge is 0.369 e. The minimum Gasteiger partial charge on any atom is -0.369 e. The van der Waals surface area contributed by atoms with Crippen molar-refractivity contribution in [1.82, 2.24) is 5.32 Å². The molecule has 0 amide bonds. The SMILES string of the molecule is CC1CCCC2(CNC3CC(C)(C)CCC3O2)C1. The van der Waals surface area contributed by atoms with Crippen molar-refractivity contribution in [2.24, 2.45) is 11.3 Å². The van der Waals surface area contributed by atoms with Crippen LogP contribution in [-0.4, -0.2) is 24.3 Å². The van der Waals surface area contributed by atoms with Gasteiger partial charge in [0.1, 0.15) is 0 Å². The number of rotatable bonds is 0. The highest BCUT2D eigenvalue weighted by molar-refractivity contribution is 5.00. The molecule has 0 aromatic carbocycles. The van der Waals surface area contributed by atoms with Gasteiger partial charge in [-0.3, -0.25) is 0 Å². The first-order chi connectivity index (χ1) is 8.48. The fourth-order valence-electron chi connectivity index (χ4n) is 4.47. The summed E-state index contributed by atoms with van der Waals surface area (Å²) in [5.74, 6) is 0.845. The van der Waals surface area contributed by atoms with Crippen molar-refractivity contribution in [2.75, 3.05) is 6.54 Å². The van der Waals surface area contributed by atoms with Gasteiger partial charge in [0.25, 0.3) is 0 Å². The predicted octanol–water partition coefficient (Wildman–Crippen LogP) is 3.50. The molecule has 1 aliphatic heterocycles. The molecule has 0 bridgehead atoms. The maximum Gasteiger partial charge on any atom is 0.0813 e. The summed E-state index contributed by atoms with van der Waals surface area (Å²) >= 11 is 0. The molecule has 0 radical (unpaired) electrons. The first-order valence-corrected chi connectivity index (χ1v) is 7.89. The molecule has 18 heavy (non-hydrogen) atoms. The van der Waals surface area contributed by atoms with Crippen LogP contribution in [0.3, 0.4) is 0 Å². The summed E-state index contributed by atoms with van der Waals surface area (Å²) in [6, 6.07) is 0.608. The first kappa shape index (κ1) is 12.9. The van der Waals surface area contributed by atoms with Crippen LogP contribution in [0.2, 0.25) is 0 Å². The van der Waals surface area contributed by atoms with E-state index in [1.54, 1.807) is 0 Å². The number of hydrogen-bond donors (Lipinski definition) is 1. The van der Waals surface area contributed by atoms with Gasteiger partial charge in [-0.25, -0.2) is 0 Å². The molecule has 0 aromatic rings. The number of morpholine rings is 1.